The molecule has 0 fully saturated rings. The molecule has 0 saturated heterocycles. The Morgan fingerprint density at radius 2 is 1.46 bits per heavy atom. The first-order valence-corrected chi connectivity index (χ1v) is 8.77. The third-order valence-corrected chi connectivity index (χ3v) is 3.71. The van der Waals surface area contributed by atoms with Gasteiger partial charge in [0.25, 0.3) is 0 Å². The fourth-order valence-corrected chi connectivity index (χ4v) is 2.22. The minimum absolute atomic E-state index is 0.160. The van der Waals surface area contributed by atoms with Crippen molar-refractivity contribution in [1.29, 1.82) is 0 Å². The summed E-state index contributed by atoms with van der Waals surface area (Å²) in [5.41, 5.74) is 0.383. The lowest BCUT2D eigenvalue weighted by Gasteiger charge is -2.08. The summed E-state index contributed by atoms with van der Waals surface area (Å²) in [6.45, 7) is 6.67. The van der Waals surface area contributed by atoms with Gasteiger partial charge in [-0.3, -0.25) is 0 Å². The molecular weight excluding hydrogens is 308 g/mol. The molecule has 2 N–H and O–H groups in total. The SMILES string of the molecule is C=C(C)C(=O)OC(=O)C(C)=CC(O)CCCCCCCCCCO. The Morgan fingerprint density at radius 3 is 1.96 bits per heavy atom. The van der Waals surface area contributed by atoms with Crippen LogP contribution in [-0.4, -0.2) is 34.9 Å². The zero-order chi connectivity index (χ0) is 18.4. The highest BCUT2D eigenvalue weighted by atomic mass is 16.6. The standard InChI is InChI=1S/C19H32O5/c1-15(2)18(22)24-19(23)16(3)14-17(21)12-10-8-6-4-5-7-9-11-13-20/h14,17,20-21H,1,4-13H2,2-3H3. The second-order valence-corrected chi connectivity index (χ2v) is 6.22. The predicted octanol–water partition coefficient (Wildman–Crippen LogP) is 3.44. The van der Waals surface area contributed by atoms with Gasteiger partial charge >= 0.3 is 11.9 Å². The molecule has 0 heterocycles. The van der Waals surface area contributed by atoms with Gasteiger partial charge in [0, 0.05) is 17.8 Å². The molecule has 0 aromatic rings. The van der Waals surface area contributed by atoms with Gasteiger partial charge in [-0.25, -0.2) is 9.59 Å². The van der Waals surface area contributed by atoms with Gasteiger partial charge in [0.1, 0.15) is 0 Å². The Hall–Kier alpha value is -1.46. The van der Waals surface area contributed by atoms with Gasteiger partial charge in [-0.15, -0.1) is 0 Å². The second kappa shape index (κ2) is 13.9. The summed E-state index contributed by atoms with van der Waals surface area (Å²) >= 11 is 0. The van der Waals surface area contributed by atoms with Crippen LogP contribution in [0.25, 0.3) is 0 Å². The van der Waals surface area contributed by atoms with Gasteiger partial charge in [-0.1, -0.05) is 51.5 Å². The lowest BCUT2D eigenvalue weighted by atomic mass is 10.0. The fourth-order valence-electron chi connectivity index (χ4n) is 2.22. The van der Waals surface area contributed by atoms with Gasteiger partial charge < -0.3 is 14.9 Å². The van der Waals surface area contributed by atoms with Crippen LogP contribution in [0.15, 0.2) is 23.8 Å². The van der Waals surface area contributed by atoms with Crippen molar-refractivity contribution in [3.8, 4) is 0 Å². The highest BCUT2D eigenvalue weighted by molar-refractivity contribution is 6.01. The van der Waals surface area contributed by atoms with Crippen molar-refractivity contribution in [2.75, 3.05) is 6.61 Å². The van der Waals surface area contributed by atoms with E-state index in [9.17, 15) is 14.7 Å². The van der Waals surface area contributed by atoms with Gasteiger partial charge in [0.15, 0.2) is 0 Å². The van der Waals surface area contributed by atoms with Crippen LogP contribution in [-0.2, 0) is 14.3 Å². The maximum Gasteiger partial charge on any atom is 0.341 e. The summed E-state index contributed by atoms with van der Waals surface area (Å²) in [4.78, 5) is 22.9. The molecular formula is C19H32O5. The minimum Gasteiger partial charge on any atom is -0.396 e. The van der Waals surface area contributed by atoms with Crippen LogP contribution < -0.4 is 0 Å². The molecule has 0 aliphatic carbocycles. The topological polar surface area (TPSA) is 83.8 Å². The monoisotopic (exact) mass is 340 g/mol. The van der Waals surface area contributed by atoms with E-state index in [1.807, 2.05) is 0 Å². The van der Waals surface area contributed by atoms with Gasteiger partial charge in [-0.2, -0.15) is 0 Å². The maximum atomic E-state index is 11.6. The van der Waals surface area contributed by atoms with E-state index in [2.05, 4.69) is 11.3 Å². The molecule has 24 heavy (non-hydrogen) atoms. The number of rotatable bonds is 13. The zero-order valence-corrected chi connectivity index (χ0v) is 15.1. The first-order valence-electron chi connectivity index (χ1n) is 8.77. The largest absolute Gasteiger partial charge is 0.396 e. The van der Waals surface area contributed by atoms with Gasteiger partial charge in [0.2, 0.25) is 0 Å². The van der Waals surface area contributed by atoms with E-state index in [0.29, 0.717) is 6.42 Å². The third-order valence-electron chi connectivity index (χ3n) is 3.71. The second-order valence-electron chi connectivity index (χ2n) is 6.22. The van der Waals surface area contributed by atoms with Crippen LogP contribution in [0.2, 0.25) is 0 Å². The molecule has 0 radical (unpaired) electrons. The number of unbranched alkanes of at least 4 members (excludes halogenated alkanes) is 7. The van der Waals surface area contributed by atoms with E-state index >= 15 is 0 Å². The van der Waals surface area contributed by atoms with E-state index in [-0.39, 0.29) is 17.8 Å². The lowest BCUT2D eigenvalue weighted by molar-refractivity contribution is -0.154. The average Bonchev–Trinajstić information content (AvgIpc) is 2.52. The number of ether oxygens (including phenoxy) is 1. The quantitative estimate of drug-likeness (QED) is 0.232. The van der Waals surface area contributed by atoms with Crippen LogP contribution >= 0.6 is 0 Å². The molecule has 0 amide bonds. The Bertz CT molecular complexity index is 425. The molecule has 1 atom stereocenters. The molecule has 0 aliphatic rings. The molecule has 0 spiro atoms. The smallest absolute Gasteiger partial charge is 0.341 e. The summed E-state index contributed by atoms with van der Waals surface area (Å²) in [5.74, 6) is -1.49. The summed E-state index contributed by atoms with van der Waals surface area (Å²) in [6, 6.07) is 0. The number of aliphatic hydroxyl groups is 2. The van der Waals surface area contributed by atoms with Crippen LogP contribution in [0.4, 0.5) is 0 Å². The molecule has 1 unspecified atom stereocenters. The van der Waals surface area contributed by atoms with E-state index in [1.165, 1.54) is 32.8 Å². The average molecular weight is 340 g/mol. The van der Waals surface area contributed by atoms with E-state index in [1.54, 1.807) is 0 Å². The van der Waals surface area contributed by atoms with Crippen molar-refractivity contribution >= 4 is 11.9 Å². The molecule has 0 aliphatic heterocycles. The third kappa shape index (κ3) is 12.0. The molecule has 0 aromatic heterocycles. The van der Waals surface area contributed by atoms with Crippen LogP contribution in [0.5, 0.6) is 0 Å². The summed E-state index contributed by atoms with van der Waals surface area (Å²) < 4.78 is 4.60. The number of hydrogen-bond acceptors (Lipinski definition) is 5. The molecule has 0 rings (SSSR count). The van der Waals surface area contributed by atoms with Crippen LogP contribution in [0.3, 0.4) is 0 Å². The first-order chi connectivity index (χ1) is 11.4. The van der Waals surface area contributed by atoms with Crippen molar-refractivity contribution in [2.45, 2.75) is 77.7 Å². The lowest BCUT2D eigenvalue weighted by Crippen LogP contribution is -2.15. The molecule has 0 saturated carbocycles. The van der Waals surface area contributed by atoms with Crippen molar-refractivity contribution in [3.05, 3.63) is 23.8 Å². The van der Waals surface area contributed by atoms with Crippen molar-refractivity contribution < 1.29 is 24.5 Å². The predicted molar refractivity (Wildman–Crippen MR) is 94.3 cm³/mol. The number of carbonyl (C=O) groups excluding carboxylic acids is 2. The molecule has 5 heteroatoms. The van der Waals surface area contributed by atoms with Crippen LogP contribution in [0, 0.1) is 0 Å². The highest BCUT2D eigenvalue weighted by Crippen LogP contribution is 2.12. The molecule has 138 valence electrons. The van der Waals surface area contributed by atoms with Crippen molar-refractivity contribution in [3.63, 3.8) is 0 Å². The number of aliphatic hydroxyl groups excluding tert-OH is 2. The van der Waals surface area contributed by atoms with E-state index in [0.717, 1.165) is 38.5 Å². The highest BCUT2D eigenvalue weighted by Gasteiger charge is 2.14. The van der Waals surface area contributed by atoms with Crippen LogP contribution in [0.1, 0.15) is 71.6 Å². The minimum atomic E-state index is -0.749. The van der Waals surface area contributed by atoms with Gasteiger partial charge in [0.05, 0.1) is 6.10 Å². The van der Waals surface area contributed by atoms with E-state index < -0.39 is 18.0 Å². The molecule has 0 bridgehead atoms. The fraction of sp³-hybridized carbons (Fsp3) is 0.684. The normalized spacial score (nSPS) is 12.8. The molecule has 0 aromatic carbocycles. The molecule has 5 nitrogen and oxygen atoms in total. The maximum absolute atomic E-state index is 11.6. The summed E-state index contributed by atoms with van der Waals surface area (Å²) in [5, 5.41) is 18.6. The number of hydrogen-bond donors (Lipinski definition) is 2. The summed E-state index contributed by atoms with van der Waals surface area (Å²) in [7, 11) is 0. The van der Waals surface area contributed by atoms with Crippen molar-refractivity contribution in [1.82, 2.24) is 0 Å². The Labute approximate surface area is 145 Å². The first kappa shape index (κ1) is 22.5. The Balaban J connectivity index is 3.83. The van der Waals surface area contributed by atoms with E-state index in [4.69, 9.17) is 5.11 Å². The van der Waals surface area contributed by atoms with Gasteiger partial charge in [-0.05, 0) is 32.8 Å². The Kier molecular flexibility index (Phi) is 13.1. The summed E-state index contributed by atoms with van der Waals surface area (Å²) in [6.07, 6.45) is 9.87. The Morgan fingerprint density at radius 1 is 0.958 bits per heavy atom. The zero-order valence-electron chi connectivity index (χ0n) is 15.1. The number of esters is 2. The number of carbonyl (C=O) groups is 2. The van der Waals surface area contributed by atoms with Crippen molar-refractivity contribution in [2.24, 2.45) is 0 Å².